The van der Waals surface area contributed by atoms with Crippen LogP contribution in [0.4, 0.5) is 5.69 Å². The largest absolute Gasteiger partial charge is 0.373 e. The van der Waals surface area contributed by atoms with Gasteiger partial charge in [-0.3, -0.25) is 0 Å². The fraction of sp³-hybridized carbons (Fsp3) is 0.500. The Morgan fingerprint density at radius 1 is 1.40 bits per heavy atom. The molecule has 1 saturated heterocycles. The predicted molar refractivity (Wildman–Crippen MR) is 68.4 cm³/mol. The molecular formula is C12H17BrN2. The molecule has 0 aromatic heterocycles. The van der Waals surface area contributed by atoms with Gasteiger partial charge in [0.2, 0.25) is 0 Å². The average molecular weight is 269 g/mol. The summed E-state index contributed by atoms with van der Waals surface area (Å²) >= 11 is 3.45. The first-order valence-electron chi connectivity index (χ1n) is 5.46. The van der Waals surface area contributed by atoms with E-state index in [1.807, 2.05) is 0 Å². The van der Waals surface area contributed by atoms with E-state index in [0.717, 1.165) is 11.0 Å². The fourth-order valence-corrected chi connectivity index (χ4v) is 2.31. The maximum atomic E-state index is 3.52. The molecule has 1 aromatic rings. The summed E-state index contributed by atoms with van der Waals surface area (Å²) in [5, 5.41) is 3.52. The Hall–Kier alpha value is -0.540. The summed E-state index contributed by atoms with van der Waals surface area (Å²) in [7, 11) is 2.16. The second kappa shape index (κ2) is 4.99. The van der Waals surface area contributed by atoms with E-state index in [1.165, 1.54) is 25.1 Å². The molecule has 1 N–H and O–H groups in total. The van der Waals surface area contributed by atoms with E-state index in [-0.39, 0.29) is 0 Å². The van der Waals surface area contributed by atoms with Crippen LogP contribution in [0.5, 0.6) is 0 Å². The number of halogens is 1. The van der Waals surface area contributed by atoms with Gasteiger partial charge in [-0.2, -0.15) is 0 Å². The number of likely N-dealkylation sites (N-methyl/N-ethyl adjacent to an activating group) is 1. The Labute approximate surface area is 99.8 Å². The van der Waals surface area contributed by atoms with Crippen LogP contribution >= 0.6 is 15.9 Å². The number of anilines is 1. The molecule has 15 heavy (non-hydrogen) atoms. The molecule has 0 bridgehead atoms. The van der Waals surface area contributed by atoms with Crippen molar-refractivity contribution in [2.75, 3.05) is 25.0 Å². The first-order valence-corrected chi connectivity index (χ1v) is 6.25. The predicted octanol–water partition coefficient (Wildman–Crippen LogP) is 2.64. The van der Waals surface area contributed by atoms with Gasteiger partial charge < -0.3 is 10.2 Å². The van der Waals surface area contributed by atoms with Crippen LogP contribution in [-0.4, -0.2) is 26.2 Å². The molecule has 1 atom stereocenters. The van der Waals surface area contributed by atoms with Crippen LogP contribution in [-0.2, 0) is 0 Å². The molecular weight excluding hydrogens is 252 g/mol. The van der Waals surface area contributed by atoms with Gasteiger partial charge in [0, 0.05) is 29.8 Å². The monoisotopic (exact) mass is 268 g/mol. The van der Waals surface area contributed by atoms with Crippen LogP contribution < -0.4 is 10.2 Å². The van der Waals surface area contributed by atoms with Crippen LogP contribution in [0.15, 0.2) is 28.7 Å². The van der Waals surface area contributed by atoms with Gasteiger partial charge in [0.15, 0.2) is 0 Å². The van der Waals surface area contributed by atoms with Gasteiger partial charge in [0.05, 0.1) is 0 Å². The molecule has 2 nitrogen and oxygen atoms in total. The summed E-state index contributed by atoms with van der Waals surface area (Å²) < 4.78 is 1.14. The number of benzene rings is 1. The lowest BCUT2D eigenvalue weighted by Crippen LogP contribution is -2.35. The summed E-state index contributed by atoms with van der Waals surface area (Å²) in [4.78, 5) is 2.31. The summed E-state index contributed by atoms with van der Waals surface area (Å²) in [6.45, 7) is 2.28. The SMILES string of the molecule is CN(CC1CCCN1)c1ccc(Br)cc1. The van der Waals surface area contributed by atoms with Gasteiger partial charge in [-0.05, 0) is 43.7 Å². The molecule has 1 heterocycles. The molecule has 0 aliphatic carbocycles. The van der Waals surface area contributed by atoms with Crippen molar-refractivity contribution >= 4 is 21.6 Å². The highest BCUT2D eigenvalue weighted by molar-refractivity contribution is 9.10. The molecule has 1 aromatic carbocycles. The van der Waals surface area contributed by atoms with E-state index in [4.69, 9.17) is 0 Å². The second-order valence-corrected chi connectivity index (χ2v) is 5.07. The molecule has 0 spiro atoms. The number of hydrogen-bond acceptors (Lipinski definition) is 2. The van der Waals surface area contributed by atoms with Gasteiger partial charge in [-0.1, -0.05) is 15.9 Å². The topological polar surface area (TPSA) is 15.3 Å². The number of nitrogens with one attached hydrogen (secondary N) is 1. The molecule has 1 aliphatic rings. The average Bonchev–Trinajstić information content (AvgIpc) is 2.71. The zero-order chi connectivity index (χ0) is 10.7. The van der Waals surface area contributed by atoms with Crippen LogP contribution in [0, 0.1) is 0 Å². The molecule has 82 valence electrons. The first-order chi connectivity index (χ1) is 7.25. The minimum atomic E-state index is 0.665. The normalized spacial score (nSPS) is 20.5. The molecule has 3 heteroatoms. The Morgan fingerprint density at radius 2 is 2.13 bits per heavy atom. The Bertz CT molecular complexity index is 304. The highest BCUT2D eigenvalue weighted by Crippen LogP contribution is 2.18. The van der Waals surface area contributed by atoms with E-state index in [2.05, 4.69) is 57.5 Å². The van der Waals surface area contributed by atoms with Gasteiger partial charge >= 0.3 is 0 Å². The Morgan fingerprint density at radius 3 is 2.73 bits per heavy atom. The molecule has 0 amide bonds. The molecule has 0 saturated carbocycles. The van der Waals surface area contributed by atoms with Crippen molar-refractivity contribution in [1.29, 1.82) is 0 Å². The molecule has 1 unspecified atom stereocenters. The summed E-state index contributed by atoms with van der Waals surface area (Å²) in [6, 6.07) is 9.15. The first kappa shape index (κ1) is 11.0. The smallest absolute Gasteiger partial charge is 0.0364 e. The number of rotatable bonds is 3. The second-order valence-electron chi connectivity index (χ2n) is 4.15. The van der Waals surface area contributed by atoms with Gasteiger partial charge in [0.25, 0.3) is 0 Å². The third-order valence-electron chi connectivity index (χ3n) is 2.92. The van der Waals surface area contributed by atoms with Crippen LogP contribution in [0.3, 0.4) is 0 Å². The van der Waals surface area contributed by atoms with Crippen molar-refractivity contribution < 1.29 is 0 Å². The number of nitrogens with zero attached hydrogens (tertiary/aromatic N) is 1. The number of hydrogen-bond donors (Lipinski definition) is 1. The van der Waals surface area contributed by atoms with E-state index >= 15 is 0 Å². The Kier molecular flexibility index (Phi) is 3.65. The lowest BCUT2D eigenvalue weighted by atomic mass is 10.2. The van der Waals surface area contributed by atoms with Crippen molar-refractivity contribution in [3.05, 3.63) is 28.7 Å². The van der Waals surface area contributed by atoms with Crippen molar-refractivity contribution in [3.8, 4) is 0 Å². The minimum Gasteiger partial charge on any atom is -0.373 e. The zero-order valence-electron chi connectivity index (χ0n) is 9.04. The van der Waals surface area contributed by atoms with Crippen LogP contribution in [0.1, 0.15) is 12.8 Å². The highest BCUT2D eigenvalue weighted by Gasteiger charge is 2.15. The van der Waals surface area contributed by atoms with E-state index in [0.29, 0.717) is 6.04 Å². The van der Waals surface area contributed by atoms with Crippen molar-refractivity contribution in [3.63, 3.8) is 0 Å². The molecule has 1 fully saturated rings. The lowest BCUT2D eigenvalue weighted by Gasteiger charge is -2.23. The molecule has 2 rings (SSSR count). The van der Waals surface area contributed by atoms with Crippen molar-refractivity contribution in [2.45, 2.75) is 18.9 Å². The van der Waals surface area contributed by atoms with Crippen LogP contribution in [0.2, 0.25) is 0 Å². The summed E-state index contributed by atoms with van der Waals surface area (Å²) in [5.41, 5.74) is 1.28. The van der Waals surface area contributed by atoms with Gasteiger partial charge in [-0.15, -0.1) is 0 Å². The quantitative estimate of drug-likeness (QED) is 0.907. The molecule has 0 radical (unpaired) electrons. The summed E-state index contributed by atoms with van der Waals surface area (Å²) in [5.74, 6) is 0. The Balaban J connectivity index is 1.94. The van der Waals surface area contributed by atoms with E-state index < -0.39 is 0 Å². The maximum Gasteiger partial charge on any atom is 0.0364 e. The standard InChI is InChI=1S/C12H17BrN2/c1-15(9-11-3-2-8-14-11)12-6-4-10(13)5-7-12/h4-7,11,14H,2-3,8-9H2,1H3. The highest BCUT2D eigenvalue weighted by atomic mass is 79.9. The zero-order valence-corrected chi connectivity index (χ0v) is 10.6. The van der Waals surface area contributed by atoms with E-state index in [1.54, 1.807) is 0 Å². The lowest BCUT2D eigenvalue weighted by molar-refractivity contribution is 0.600. The van der Waals surface area contributed by atoms with Gasteiger partial charge in [-0.25, -0.2) is 0 Å². The minimum absolute atomic E-state index is 0.665. The van der Waals surface area contributed by atoms with E-state index in [9.17, 15) is 0 Å². The third-order valence-corrected chi connectivity index (χ3v) is 3.45. The van der Waals surface area contributed by atoms with Crippen LogP contribution in [0.25, 0.3) is 0 Å². The third kappa shape index (κ3) is 2.95. The van der Waals surface area contributed by atoms with Crippen molar-refractivity contribution in [1.82, 2.24) is 5.32 Å². The molecule has 1 aliphatic heterocycles. The maximum absolute atomic E-state index is 3.52. The summed E-state index contributed by atoms with van der Waals surface area (Å²) in [6.07, 6.45) is 2.62. The fourth-order valence-electron chi connectivity index (χ4n) is 2.04. The van der Waals surface area contributed by atoms with Crippen molar-refractivity contribution in [2.24, 2.45) is 0 Å². The van der Waals surface area contributed by atoms with Gasteiger partial charge in [0.1, 0.15) is 0 Å².